The number of H-pyrrole nitrogens is 1. The number of rotatable bonds is 6. The van der Waals surface area contributed by atoms with Crippen molar-refractivity contribution in [3.8, 4) is 28.3 Å². The van der Waals surface area contributed by atoms with Gasteiger partial charge in [-0.25, -0.2) is 22.2 Å². The van der Waals surface area contributed by atoms with Crippen LogP contribution in [0.2, 0.25) is 0 Å². The predicted octanol–water partition coefficient (Wildman–Crippen LogP) is 4.77. The van der Waals surface area contributed by atoms with Gasteiger partial charge in [-0.05, 0) is 48.0 Å². The molecule has 176 valence electrons. The third kappa shape index (κ3) is 4.28. The van der Waals surface area contributed by atoms with Gasteiger partial charge in [0, 0.05) is 41.2 Å². The van der Waals surface area contributed by atoms with Crippen molar-refractivity contribution in [3.05, 3.63) is 84.8 Å². The average Bonchev–Trinajstić information content (AvgIpc) is 3.27. The summed E-state index contributed by atoms with van der Waals surface area (Å²) in [6.07, 6.45) is 4.88. The van der Waals surface area contributed by atoms with E-state index in [0.29, 0.717) is 11.6 Å². The highest BCUT2D eigenvalue weighted by molar-refractivity contribution is 7.92. The van der Waals surface area contributed by atoms with Gasteiger partial charge >= 0.3 is 0 Å². The molecule has 8 nitrogen and oxygen atoms in total. The lowest BCUT2D eigenvalue weighted by atomic mass is 10.0. The summed E-state index contributed by atoms with van der Waals surface area (Å²) >= 11 is 0. The van der Waals surface area contributed by atoms with Crippen LogP contribution in [0.5, 0.6) is 5.88 Å². The second-order valence-electron chi connectivity index (χ2n) is 7.53. The number of hydrogen-bond donors (Lipinski definition) is 2. The first-order valence-corrected chi connectivity index (χ1v) is 11.7. The van der Waals surface area contributed by atoms with Gasteiger partial charge in [-0.3, -0.25) is 14.8 Å². The monoisotopic (exact) mass is 493 g/mol. The first-order valence-electron chi connectivity index (χ1n) is 10.3. The molecule has 3 aromatic heterocycles. The zero-order valence-corrected chi connectivity index (χ0v) is 19.0. The molecule has 0 saturated carbocycles. The Hall–Kier alpha value is -4.38. The number of halogens is 2. The molecule has 0 saturated heterocycles. The lowest BCUT2D eigenvalue weighted by molar-refractivity contribution is 0.400. The molecule has 0 atom stereocenters. The van der Waals surface area contributed by atoms with Crippen LogP contribution in [-0.4, -0.2) is 35.7 Å². The third-order valence-electron chi connectivity index (χ3n) is 5.32. The summed E-state index contributed by atoms with van der Waals surface area (Å²) in [5.74, 6) is -2.11. The molecule has 0 unspecified atom stereocenters. The molecule has 0 aliphatic rings. The van der Waals surface area contributed by atoms with Crippen molar-refractivity contribution in [1.82, 2.24) is 20.2 Å². The predicted molar refractivity (Wildman–Crippen MR) is 126 cm³/mol. The number of fused-ring (bicyclic) bond motifs is 1. The molecular weight excluding hydrogens is 476 g/mol. The fourth-order valence-corrected chi connectivity index (χ4v) is 4.77. The number of nitrogens with zero attached hydrogens (tertiary/aromatic N) is 3. The molecule has 0 bridgehead atoms. The molecule has 3 heterocycles. The fourth-order valence-electron chi connectivity index (χ4n) is 3.66. The van der Waals surface area contributed by atoms with E-state index < -0.39 is 26.6 Å². The van der Waals surface area contributed by atoms with Crippen LogP contribution in [-0.2, 0) is 10.0 Å². The van der Waals surface area contributed by atoms with Crippen LogP contribution in [0.15, 0.2) is 78.1 Å². The van der Waals surface area contributed by atoms with E-state index in [4.69, 9.17) is 4.74 Å². The topological polar surface area (TPSA) is 110 Å². The molecule has 0 fully saturated rings. The molecule has 0 aliphatic carbocycles. The first kappa shape index (κ1) is 22.4. The Balaban J connectivity index is 1.56. The Morgan fingerprint density at radius 1 is 0.943 bits per heavy atom. The number of benzene rings is 2. The lowest BCUT2D eigenvalue weighted by Gasteiger charge is -2.13. The van der Waals surface area contributed by atoms with Gasteiger partial charge in [-0.2, -0.15) is 5.10 Å². The second kappa shape index (κ2) is 8.76. The standard InChI is InChI=1S/C24H17F2N5O3S/c1-34-24-21(31-35(32,33)22-5-3-17(25)12-19(22)26)11-16(13-28-24)15-2-4-20-18(10-15)23(30-29-20)14-6-8-27-9-7-14/h2-13,31H,1H3,(H,29,30). The van der Waals surface area contributed by atoms with E-state index in [-0.39, 0.29) is 11.6 Å². The highest BCUT2D eigenvalue weighted by Gasteiger charge is 2.22. The van der Waals surface area contributed by atoms with Gasteiger partial charge in [0.25, 0.3) is 10.0 Å². The van der Waals surface area contributed by atoms with Crippen LogP contribution in [0.3, 0.4) is 0 Å². The number of pyridine rings is 2. The van der Waals surface area contributed by atoms with Gasteiger partial charge < -0.3 is 4.74 Å². The quantitative estimate of drug-likeness (QED) is 0.353. The molecule has 0 spiro atoms. The molecule has 5 aromatic rings. The van der Waals surface area contributed by atoms with Crippen molar-refractivity contribution < 1.29 is 21.9 Å². The second-order valence-corrected chi connectivity index (χ2v) is 9.18. The maximum atomic E-state index is 14.2. The minimum Gasteiger partial charge on any atom is -0.480 e. The summed E-state index contributed by atoms with van der Waals surface area (Å²) in [6, 6.07) is 13.0. The van der Waals surface area contributed by atoms with E-state index in [9.17, 15) is 17.2 Å². The maximum Gasteiger partial charge on any atom is 0.264 e. The van der Waals surface area contributed by atoms with E-state index in [1.807, 2.05) is 30.3 Å². The maximum absolute atomic E-state index is 14.2. The Kier molecular flexibility index (Phi) is 5.61. The first-order chi connectivity index (χ1) is 16.9. The summed E-state index contributed by atoms with van der Waals surface area (Å²) in [7, 11) is -3.06. The Morgan fingerprint density at radius 2 is 1.74 bits per heavy atom. The number of sulfonamides is 1. The zero-order valence-electron chi connectivity index (χ0n) is 18.2. The summed E-state index contributed by atoms with van der Waals surface area (Å²) in [5.41, 5.74) is 3.74. The smallest absolute Gasteiger partial charge is 0.264 e. The molecule has 5 rings (SSSR count). The minimum atomic E-state index is -4.39. The van der Waals surface area contributed by atoms with E-state index in [1.54, 1.807) is 12.4 Å². The van der Waals surface area contributed by atoms with Crippen molar-refractivity contribution >= 4 is 26.6 Å². The molecular formula is C24H17F2N5O3S. The van der Waals surface area contributed by atoms with Crippen LogP contribution in [0.4, 0.5) is 14.5 Å². The highest BCUT2D eigenvalue weighted by atomic mass is 32.2. The van der Waals surface area contributed by atoms with Gasteiger partial charge in [0.2, 0.25) is 5.88 Å². The number of hydrogen-bond acceptors (Lipinski definition) is 6. The van der Waals surface area contributed by atoms with Crippen molar-refractivity contribution in [1.29, 1.82) is 0 Å². The van der Waals surface area contributed by atoms with E-state index >= 15 is 0 Å². The average molecular weight is 493 g/mol. The van der Waals surface area contributed by atoms with Gasteiger partial charge in [-0.1, -0.05) is 6.07 Å². The SMILES string of the molecule is COc1ncc(-c2ccc3[nH]nc(-c4ccncc4)c3c2)cc1NS(=O)(=O)c1ccc(F)cc1F. The Morgan fingerprint density at radius 3 is 2.49 bits per heavy atom. The van der Waals surface area contributed by atoms with E-state index in [0.717, 1.165) is 39.9 Å². The number of anilines is 1. The van der Waals surface area contributed by atoms with Crippen LogP contribution < -0.4 is 9.46 Å². The summed E-state index contributed by atoms with van der Waals surface area (Å²) < 4.78 is 60.5. The van der Waals surface area contributed by atoms with Crippen molar-refractivity contribution in [3.63, 3.8) is 0 Å². The molecule has 0 radical (unpaired) electrons. The minimum absolute atomic E-state index is 0.00428. The molecule has 11 heteroatoms. The molecule has 0 aliphatic heterocycles. The molecule has 2 aromatic carbocycles. The zero-order chi connectivity index (χ0) is 24.6. The molecule has 2 N–H and O–H groups in total. The van der Waals surface area contributed by atoms with E-state index in [2.05, 4.69) is 24.9 Å². The molecule has 0 amide bonds. The highest BCUT2D eigenvalue weighted by Crippen LogP contribution is 2.34. The van der Waals surface area contributed by atoms with Gasteiger partial charge in [0.1, 0.15) is 27.9 Å². The van der Waals surface area contributed by atoms with Gasteiger partial charge in [-0.15, -0.1) is 0 Å². The Labute approximate surface area is 198 Å². The van der Waals surface area contributed by atoms with Crippen LogP contribution >= 0.6 is 0 Å². The fraction of sp³-hybridized carbons (Fsp3) is 0.0417. The number of aromatic nitrogens is 4. The van der Waals surface area contributed by atoms with Crippen LogP contribution in [0, 0.1) is 11.6 Å². The van der Waals surface area contributed by atoms with Gasteiger partial charge in [0.15, 0.2) is 0 Å². The van der Waals surface area contributed by atoms with E-state index in [1.165, 1.54) is 19.4 Å². The largest absolute Gasteiger partial charge is 0.480 e. The lowest BCUT2D eigenvalue weighted by Crippen LogP contribution is -2.15. The summed E-state index contributed by atoms with van der Waals surface area (Å²) in [4.78, 5) is 7.53. The van der Waals surface area contributed by atoms with Crippen molar-refractivity contribution in [2.24, 2.45) is 0 Å². The normalized spacial score (nSPS) is 11.5. The van der Waals surface area contributed by atoms with Crippen LogP contribution in [0.1, 0.15) is 0 Å². The van der Waals surface area contributed by atoms with Crippen molar-refractivity contribution in [2.75, 3.05) is 11.8 Å². The number of methoxy groups -OCH3 is 1. The molecule has 35 heavy (non-hydrogen) atoms. The number of aromatic amines is 1. The van der Waals surface area contributed by atoms with Crippen molar-refractivity contribution in [2.45, 2.75) is 4.90 Å². The Bertz CT molecular complexity index is 1660. The summed E-state index contributed by atoms with van der Waals surface area (Å²) in [6.45, 7) is 0. The third-order valence-corrected chi connectivity index (χ3v) is 6.72. The summed E-state index contributed by atoms with van der Waals surface area (Å²) in [5, 5.41) is 8.24. The van der Waals surface area contributed by atoms with Crippen LogP contribution in [0.25, 0.3) is 33.3 Å². The van der Waals surface area contributed by atoms with Gasteiger partial charge in [0.05, 0.1) is 12.6 Å². The number of ether oxygens (including phenoxy) is 1. The number of nitrogens with one attached hydrogen (secondary N) is 2.